The Morgan fingerprint density at radius 3 is 2.47 bits per heavy atom. The minimum atomic E-state index is -0.174. The number of nitrogens with one attached hydrogen (secondary N) is 1. The summed E-state index contributed by atoms with van der Waals surface area (Å²) in [6.45, 7) is 2.07. The largest absolute Gasteiger partial charge is 0.325 e. The van der Waals surface area contributed by atoms with E-state index in [1.165, 1.54) is 0 Å². The molecule has 1 aromatic heterocycles. The van der Waals surface area contributed by atoms with Gasteiger partial charge < -0.3 is 5.32 Å². The van der Waals surface area contributed by atoms with Crippen molar-refractivity contribution in [3.8, 4) is 0 Å². The lowest BCUT2D eigenvalue weighted by atomic mass is 10.0. The smallest absolute Gasteiger partial charge is 0.251 e. The number of aromatic nitrogens is 4. The monoisotopic (exact) mass is 422 g/mol. The van der Waals surface area contributed by atoms with E-state index in [0.29, 0.717) is 5.95 Å². The number of aryl methyl sites for hydroxylation is 1. The molecule has 158 valence electrons. The van der Waals surface area contributed by atoms with Gasteiger partial charge in [-0.2, -0.15) is 4.68 Å². The molecule has 1 aliphatic heterocycles. The number of fused-ring (bicyclic) bond motifs is 1. The topological polar surface area (TPSA) is 75.9 Å². The van der Waals surface area contributed by atoms with Crippen molar-refractivity contribution < 1.29 is 4.79 Å². The van der Waals surface area contributed by atoms with E-state index in [9.17, 15) is 4.79 Å². The number of hydrogen-bond acceptors (Lipinski definition) is 5. The fourth-order valence-electron chi connectivity index (χ4n) is 3.94. The number of anilines is 2. The van der Waals surface area contributed by atoms with Gasteiger partial charge >= 0.3 is 0 Å². The number of carbonyl (C=O) groups excluding carboxylic acids is 1. The summed E-state index contributed by atoms with van der Waals surface area (Å²) in [6, 6.07) is 27.6. The molecule has 1 atom stereocenters. The molecule has 1 aliphatic rings. The number of hydrogen-bond donors (Lipinski definition) is 1. The highest BCUT2D eigenvalue weighted by Crippen LogP contribution is 2.35. The molecule has 5 rings (SSSR count). The highest BCUT2D eigenvalue weighted by atomic mass is 16.2. The second-order valence-electron chi connectivity index (χ2n) is 7.70. The SMILES string of the molecule is Cc1cccc(NC(=O)CN2C(c3ccccc3)=CC(c3ccccc3)n3nnnc32)c1. The van der Waals surface area contributed by atoms with Crippen molar-refractivity contribution in [1.82, 2.24) is 20.2 Å². The maximum absolute atomic E-state index is 13.0. The Bertz CT molecular complexity index is 1270. The van der Waals surface area contributed by atoms with Crippen LogP contribution in [-0.4, -0.2) is 32.7 Å². The molecule has 1 N–H and O–H groups in total. The van der Waals surface area contributed by atoms with E-state index < -0.39 is 0 Å². The minimum absolute atomic E-state index is 0.0799. The molecule has 1 unspecified atom stereocenters. The van der Waals surface area contributed by atoms with Crippen LogP contribution < -0.4 is 10.2 Å². The average molecular weight is 422 g/mol. The highest BCUT2D eigenvalue weighted by Gasteiger charge is 2.31. The molecule has 0 saturated carbocycles. The molecule has 3 aromatic carbocycles. The van der Waals surface area contributed by atoms with E-state index in [-0.39, 0.29) is 18.5 Å². The van der Waals surface area contributed by atoms with Gasteiger partial charge in [0, 0.05) is 5.69 Å². The molecule has 0 fully saturated rings. The normalized spacial score (nSPS) is 15.1. The van der Waals surface area contributed by atoms with Crippen LogP contribution in [0.5, 0.6) is 0 Å². The Hall–Kier alpha value is -4.26. The summed E-state index contributed by atoms with van der Waals surface area (Å²) in [6.07, 6.45) is 2.11. The lowest BCUT2D eigenvalue weighted by Gasteiger charge is -2.32. The Morgan fingerprint density at radius 1 is 0.969 bits per heavy atom. The second-order valence-corrected chi connectivity index (χ2v) is 7.70. The van der Waals surface area contributed by atoms with Gasteiger partial charge in [0.2, 0.25) is 5.91 Å². The summed E-state index contributed by atoms with van der Waals surface area (Å²) in [5.74, 6) is 0.379. The van der Waals surface area contributed by atoms with Crippen LogP contribution in [-0.2, 0) is 4.79 Å². The van der Waals surface area contributed by atoms with Gasteiger partial charge in [0.25, 0.3) is 5.95 Å². The van der Waals surface area contributed by atoms with Gasteiger partial charge in [0.15, 0.2) is 0 Å². The fourth-order valence-corrected chi connectivity index (χ4v) is 3.94. The number of rotatable bonds is 5. The van der Waals surface area contributed by atoms with Gasteiger partial charge in [-0.1, -0.05) is 77.9 Å². The standard InChI is InChI=1S/C25H22N6O/c1-18-9-8-14-21(15-18)26-24(32)17-30-22(19-10-4-2-5-11-19)16-23(20-12-6-3-7-13-20)31-25(30)27-28-29-31/h2-16,23H,17H2,1H3,(H,26,32). The predicted octanol–water partition coefficient (Wildman–Crippen LogP) is 4.07. The zero-order valence-corrected chi connectivity index (χ0v) is 17.6. The highest BCUT2D eigenvalue weighted by molar-refractivity contribution is 5.97. The quantitative estimate of drug-likeness (QED) is 0.525. The van der Waals surface area contributed by atoms with Gasteiger partial charge in [0.05, 0.1) is 5.70 Å². The number of amides is 1. The minimum Gasteiger partial charge on any atom is -0.325 e. The van der Waals surface area contributed by atoms with Crippen molar-refractivity contribution in [2.45, 2.75) is 13.0 Å². The summed E-state index contributed by atoms with van der Waals surface area (Å²) in [5.41, 5.74) is 4.80. The number of benzene rings is 3. The molecule has 0 aliphatic carbocycles. The molecule has 7 heteroatoms. The fraction of sp³-hybridized carbons (Fsp3) is 0.120. The van der Waals surface area contributed by atoms with E-state index in [4.69, 9.17) is 0 Å². The van der Waals surface area contributed by atoms with Crippen molar-refractivity contribution in [1.29, 1.82) is 0 Å². The van der Waals surface area contributed by atoms with Crippen molar-refractivity contribution >= 4 is 23.2 Å². The lowest BCUT2D eigenvalue weighted by Crippen LogP contribution is -2.37. The first kappa shape index (κ1) is 19.7. The predicted molar refractivity (Wildman–Crippen MR) is 124 cm³/mol. The first-order valence-electron chi connectivity index (χ1n) is 10.4. The third kappa shape index (κ3) is 3.88. The van der Waals surface area contributed by atoms with Crippen molar-refractivity contribution in [3.63, 3.8) is 0 Å². The average Bonchev–Trinajstić information content (AvgIpc) is 3.30. The van der Waals surface area contributed by atoms with Crippen molar-refractivity contribution in [3.05, 3.63) is 108 Å². The molecule has 1 amide bonds. The van der Waals surface area contributed by atoms with Crippen molar-refractivity contribution in [2.24, 2.45) is 0 Å². The van der Waals surface area contributed by atoms with Gasteiger partial charge in [-0.05, 0) is 52.2 Å². The van der Waals surface area contributed by atoms with E-state index in [2.05, 4.69) is 39.1 Å². The van der Waals surface area contributed by atoms with Crippen LogP contribution >= 0.6 is 0 Å². The van der Waals surface area contributed by atoms with Crippen LogP contribution in [0.2, 0.25) is 0 Å². The number of carbonyl (C=O) groups is 1. The van der Waals surface area contributed by atoms with Crippen LogP contribution in [0.4, 0.5) is 11.6 Å². The summed E-state index contributed by atoms with van der Waals surface area (Å²) in [5, 5.41) is 15.4. The summed E-state index contributed by atoms with van der Waals surface area (Å²) < 4.78 is 1.75. The zero-order valence-electron chi connectivity index (χ0n) is 17.6. The summed E-state index contributed by atoms with van der Waals surface area (Å²) in [4.78, 5) is 14.9. The molecular formula is C25H22N6O. The zero-order chi connectivity index (χ0) is 21.9. The van der Waals surface area contributed by atoms with Crippen LogP contribution in [0.15, 0.2) is 91.0 Å². The van der Waals surface area contributed by atoms with Crippen LogP contribution in [0.1, 0.15) is 22.7 Å². The van der Waals surface area contributed by atoms with E-state index in [0.717, 1.165) is 28.1 Å². The third-order valence-electron chi connectivity index (χ3n) is 5.40. The Kier molecular flexibility index (Phi) is 5.21. The van der Waals surface area contributed by atoms with Gasteiger partial charge in [0.1, 0.15) is 12.6 Å². The molecule has 7 nitrogen and oxygen atoms in total. The van der Waals surface area contributed by atoms with Gasteiger partial charge in [-0.25, -0.2) is 0 Å². The number of allylic oxidation sites excluding steroid dienone is 1. The number of nitrogens with zero attached hydrogens (tertiary/aromatic N) is 5. The maximum atomic E-state index is 13.0. The van der Waals surface area contributed by atoms with Gasteiger partial charge in [-0.3, -0.25) is 9.69 Å². The Labute approximate surface area is 186 Å². The molecule has 0 bridgehead atoms. The van der Waals surface area contributed by atoms with E-state index >= 15 is 0 Å². The van der Waals surface area contributed by atoms with Gasteiger partial charge in [-0.15, -0.1) is 0 Å². The van der Waals surface area contributed by atoms with E-state index in [1.54, 1.807) is 4.68 Å². The Morgan fingerprint density at radius 2 is 1.72 bits per heavy atom. The van der Waals surface area contributed by atoms with Crippen LogP contribution in [0.25, 0.3) is 5.70 Å². The molecule has 2 heterocycles. The first-order valence-corrected chi connectivity index (χ1v) is 10.4. The molecule has 0 radical (unpaired) electrons. The molecule has 32 heavy (non-hydrogen) atoms. The summed E-state index contributed by atoms with van der Waals surface area (Å²) >= 11 is 0. The lowest BCUT2D eigenvalue weighted by molar-refractivity contribution is -0.114. The summed E-state index contributed by atoms with van der Waals surface area (Å²) in [7, 11) is 0. The first-order chi connectivity index (χ1) is 15.7. The Balaban J connectivity index is 1.52. The third-order valence-corrected chi connectivity index (χ3v) is 5.40. The second kappa shape index (κ2) is 8.47. The van der Waals surface area contributed by atoms with Crippen LogP contribution in [0.3, 0.4) is 0 Å². The number of tetrazole rings is 1. The molecule has 4 aromatic rings. The molecule has 0 spiro atoms. The molecular weight excluding hydrogens is 400 g/mol. The molecule has 0 saturated heterocycles. The van der Waals surface area contributed by atoms with E-state index in [1.807, 2.05) is 84.6 Å². The maximum Gasteiger partial charge on any atom is 0.251 e. The van der Waals surface area contributed by atoms with Crippen LogP contribution in [0, 0.1) is 6.92 Å². The van der Waals surface area contributed by atoms with Crippen molar-refractivity contribution in [2.75, 3.05) is 16.8 Å².